The zero-order chi connectivity index (χ0) is 14.4. The van der Waals surface area contributed by atoms with E-state index < -0.39 is 0 Å². The number of hydrogen-bond acceptors (Lipinski definition) is 3. The van der Waals surface area contributed by atoms with Crippen LogP contribution in [-0.2, 0) is 6.54 Å². The van der Waals surface area contributed by atoms with Crippen LogP contribution in [-0.4, -0.2) is 35.7 Å². The molecular weight excluding hydrogens is 254 g/mol. The lowest BCUT2D eigenvalue weighted by Gasteiger charge is -2.32. The number of anilines is 1. The molecule has 2 rings (SSSR count). The number of nitrogens with zero attached hydrogens (tertiary/aromatic N) is 1. The van der Waals surface area contributed by atoms with Gasteiger partial charge in [0.05, 0.1) is 0 Å². The van der Waals surface area contributed by atoms with Crippen LogP contribution in [0.4, 0.5) is 10.5 Å². The zero-order valence-electron chi connectivity index (χ0n) is 11.7. The van der Waals surface area contributed by atoms with Crippen LogP contribution in [0.3, 0.4) is 0 Å². The van der Waals surface area contributed by atoms with Gasteiger partial charge in [-0.05, 0) is 42.9 Å². The Hall–Kier alpha value is -1.59. The molecule has 0 spiro atoms. The Morgan fingerprint density at radius 1 is 1.50 bits per heavy atom. The first kappa shape index (κ1) is 14.8. The van der Waals surface area contributed by atoms with Gasteiger partial charge in [0, 0.05) is 31.9 Å². The SMILES string of the molecule is NCc1cccc(NC(=O)N2CCCC(CCO)C2)c1. The first-order chi connectivity index (χ1) is 9.72. The van der Waals surface area contributed by atoms with Gasteiger partial charge in [0.1, 0.15) is 0 Å². The third kappa shape index (κ3) is 3.95. The van der Waals surface area contributed by atoms with Crippen LogP contribution in [0.5, 0.6) is 0 Å². The molecule has 1 aliphatic heterocycles. The Kier molecular flexibility index (Phi) is 5.38. The van der Waals surface area contributed by atoms with E-state index in [-0.39, 0.29) is 12.6 Å². The van der Waals surface area contributed by atoms with E-state index in [0.29, 0.717) is 12.5 Å². The molecule has 5 heteroatoms. The van der Waals surface area contributed by atoms with Crippen molar-refractivity contribution in [2.24, 2.45) is 11.7 Å². The predicted molar refractivity (Wildman–Crippen MR) is 79.4 cm³/mol. The molecule has 1 aliphatic rings. The lowest BCUT2D eigenvalue weighted by atomic mass is 9.95. The largest absolute Gasteiger partial charge is 0.396 e. The van der Waals surface area contributed by atoms with Crippen LogP contribution in [0, 0.1) is 5.92 Å². The van der Waals surface area contributed by atoms with Crippen molar-refractivity contribution in [2.45, 2.75) is 25.8 Å². The second-order valence-electron chi connectivity index (χ2n) is 5.30. The highest BCUT2D eigenvalue weighted by Crippen LogP contribution is 2.20. The van der Waals surface area contributed by atoms with Gasteiger partial charge in [0.15, 0.2) is 0 Å². The number of likely N-dealkylation sites (tertiary alicyclic amines) is 1. The maximum absolute atomic E-state index is 12.2. The van der Waals surface area contributed by atoms with Crippen LogP contribution in [0.15, 0.2) is 24.3 Å². The highest BCUT2D eigenvalue weighted by molar-refractivity contribution is 5.89. The normalized spacial score (nSPS) is 18.9. The minimum atomic E-state index is -0.0678. The van der Waals surface area contributed by atoms with E-state index in [9.17, 15) is 4.79 Å². The Balaban J connectivity index is 1.93. The van der Waals surface area contributed by atoms with E-state index in [1.165, 1.54) is 0 Å². The fraction of sp³-hybridized carbons (Fsp3) is 0.533. The van der Waals surface area contributed by atoms with Crippen molar-refractivity contribution in [3.8, 4) is 0 Å². The number of benzene rings is 1. The van der Waals surface area contributed by atoms with Gasteiger partial charge in [-0.3, -0.25) is 0 Å². The molecule has 1 aromatic rings. The molecule has 0 aromatic heterocycles. The van der Waals surface area contributed by atoms with Gasteiger partial charge in [-0.15, -0.1) is 0 Å². The minimum Gasteiger partial charge on any atom is -0.396 e. The molecule has 110 valence electrons. The third-order valence-corrected chi connectivity index (χ3v) is 3.76. The van der Waals surface area contributed by atoms with Crippen molar-refractivity contribution >= 4 is 11.7 Å². The van der Waals surface area contributed by atoms with Crippen LogP contribution in [0.1, 0.15) is 24.8 Å². The Labute approximate surface area is 119 Å². The second kappa shape index (κ2) is 7.26. The Morgan fingerprint density at radius 2 is 2.35 bits per heavy atom. The number of nitrogens with one attached hydrogen (secondary N) is 1. The van der Waals surface area contributed by atoms with Gasteiger partial charge in [-0.2, -0.15) is 0 Å². The van der Waals surface area contributed by atoms with Crippen molar-refractivity contribution in [1.82, 2.24) is 4.90 Å². The standard InChI is InChI=1S/C15H23N3O2/c16-10-13-3-1-5-14(9-13)17-15(20)18-7-2-4-12(11-18)6-8-19/h1,3,5,9,12,19H,2,4,6-8,10-11,16H2,(H,17,20). The molecule has 4 N–H and O–H groups in total. The van der Waals surface area contributed by atoms with E-state index >= 15 is 0 Å². The smallest absolute Gasteiger partial charge is 0.321 e. The molecule has 1 saturated heterocycles. The van der Waals surface area contributed by atoms with Gasteiger partial charge in [0.25, 0.3) is 0 Å². The quantitative estimate of drug-likeness (QED) is 0.785. The summed E-state index contributed by atoms with van der Waals surface area (Å²) in [5.74, 6) is 0.412. The summed E-state index contributed by atoms with van der Waals surface area (Å²) in [6.07, 6.45) is 2.86. The fourth-order valence-corrected chi connectivity index (χ4v) is 2.65. The number of piperidine rings is 1. The van der Waals surface area contributed by atoms with Crippen molar-refractivity contribution in [3.63, 3.8) is 0 Å². The van der Waals surface area contributed by atoms with Gasteiger partial charge >= 0.3 is 6.03 Å². The Bertz CT molecular complexity index is 448. The number of hydrogen-bond donors (Lipinski definition) is 3. The Morgan fingerprint density at radius 3 is 3.10 bits per heavy atom. The summed E-state index contributed by atoms with van der Waals surface area (Å²) in [4.78, 5) is 14.1. The summed E-state index contributed by atoms with van der Waals surface area (Å²) < 4.78 is 0. The minimum absolute atomic E-state index is 0.0678. The van der Waals surface area contributed by atoms with E-state index in [4.69, 9.17) is 10.8 Å². The molecule has 20 heavy (non-hydrogen) atoms. The van der Waals surface area contributed by atoms with Crippen molar-refractivity contribution in [2.75, 3.05) is 25.0 Å². The summed E-state index contributed by atoms with van der Waals surface area (Å²) in [5, 5.41) is 11.9. The van der Waals surface area contributed by atoms with E-state index in [1.54, 1.807) is 0 Å². The summed E-state index contributed by atoms with van der Waals surface area (Å²) >= 11 is 0. The molecule has 1 aromatic carbocycles. The zero-order valence-corrected chi connectivity index (χ0v) is 11.7. The van der Waals surface area contributed by atoms with Gasteiger partial charge < -0.3 is 21.1 Å². The predicted octanol–water partition coefficient (Wildman–Crippen LogP) is 1.77. The maximum atomic E-state index is 12.2. The maximum Gasteiger partial charge on any atom is 0.321 e. The van der Waals surface area contributed by atoms with Gasteiger partial charge in [0.2, 0.25) is 0 Å². The number of aliphatic hydroxyl groups excluding tert-OH is 1. The lowest BCUT2D eigenvalue weighted by Crippen LogP contribution is -2.42. The molecule has 2 amide bonds. The number of aliphatic hydroxyl groups is 1. The number of carbonyl (C=O) groups excluding carboxylic acids is 1. The lowest BCUT2D eigenvalue weighted by molar-refractivity contribution is 0.159. The van der Waals surface area contributed by atoms with Crippen LogP contribution >= 0.6 is 0 Å². The first-order valence-electron chi connectivity index (χ1n) is 7.18. The van der Waals surface area contributed by atoms with Crippen molar-refractivity contribution in [3.05, 3.63) is 29.8 Å². The summed E-state index contributed by atoms with van der Waals surface area (Å²) in [6.45, 7) is 2.16. The first-order valence-corrected chi connectivity index (χ1v) is 7.18. The topological polar surface area (TPSA) is 78.6 Å². The van der Waals surface area contributed by atoms with E-state index in [0.717, 1.165) is 43.6 Å². The molecule has 0 saturated carbocycles. The van der Waals surface area contributed by atoms with E-state index in [1.807, 2.05) is 29.2 Å². The number of carbonyl (C=O) groups is 1. The molecule has 0 aliphatic carbocycles. The van der Waals surface area contributed by atoms with Crippen molar-refractivity contribution in [1.29, 1.82) is 0 Å². The second-order valence-corrected chi connectivity index (χ2v) is 5.30. The monoisotopic (exact) mass is 277 g/mol. The molecule has 5 nitrogen and oxygen atoms in total. The van der Waals surface area contributed by atoms with Gasteiger partial charge in [-0.1, -0.05) is 12.1 Å². The summed E-state index contributed by atoms with van der Waals surface area (Å²) in [5.41, 5.74) is 7.38. The average molecular weight is 277 g/mol. The molecule has 1 heterocycles. The molecule has 0 bridgehead atoms. The molecule has 0 radical (unpaired) electrons. The third-order valence-electron chi connectivity index (χ3n) is 3.76. The van der Waals surface area contributed by atoms with Gasteiger partial charge in [-0.25, -0.2) is 4.79 Å². The molecule has 1 fully saturated rings. The number of nitrogens with two attached hydrogens (primary N) is 1. The number of amides is 2. The van der Waals surface area contributed by atoms with Crippen LogP contribution in [0.2, 0.25) is 0 Å². The van der Waals surface area contributed by atoms with E-state index in [2.05, 4.69) is 5.32 Å². The number of rotatable bonds is 4. The molecule has 1 unspecified atom stereocenters. The highest BCUT2D eigenvalue weighted by Gasteiger charge is 2.23. The number of urea groups is 1. The molecule has 1 atom stereocenters. The molecular formula is C15H23N3O2. The summed E-state index contributed by atoms with van der Waals surface area (Å²) in [7, 11) is 0. The summed E-state index contributed by atoms with van der Waals surface area (Å²) in [6, 6.07) is 7.53. The highest BCUT2D eigenvalue weighted by atomic mass is 16.3. The van der Waals surface area contributed by atoms with Crippen molar-refractivity contribution < 1.29 is 9.90 Å². The fourth-order valence-electron chi connectivity index (χ4n) is 2.65. The van der Waals surface area contributed by atoms with Crippen LogP contribution in [0.25, 0.3) is 0 Å². The van der Waals surface area contributed by atoms with Crippen LogP contribution < -0.4 is 11.1 Å². The average Bonchev–Trinajstić information content (AvgIpc) is 2.48.